The minimum absolute atomic E-state index is 0.0814. The molecule has 0 amide bonds. The lowest BCUT2D eigenvalue weighted by atomic mass is 9.95. The van der Waals surface area contributed by atoms with Crippen molar-refractivity contribution in [2.45, 2.75) is 58.8 Å². The summed E-state index contributed by atoms with van der Waals surface area (Å²) >= 11 is 0. The summed E-state index contributed by atoms with van der Waals surface area (Å²) in [7, 11) is 0. The van der Waals surface area contributed by atoms with Crippen molar-refractivity contribution in [3.8, 4) is 0 Å². The van der Waals surface area contributed by atoms with E-state index in [-0.39, 0.29) is 17.5 Å². The molecule has 0 aliphatic carbocycles. The number of piperidine rings is 2. The van der Waals surface area contributed by atoms with Crippen LogP contribution in [0.2, 0.25) is 0 Å². The Morgan fingerprint density at radius 3 is 1.86 bits per heavy atom. The predicted molar refractivity (Wildman–Crippen MR) is 233 cm³/mol. The number of aryl methyl sites for hydroxylation is 2. The number of nitrogens with two attached hydrogens (primary N) is 1. The first-order valence-corrected chi connectivity index (χ1v) is 20.1. The van der Waals surface area contributed by atoms with Gasteiger partial charge in [-0.15, -0.1) is 0 Å². The molecular formula is C45H48N10O2. The van der Waals surface area contributed by atoms with E-state index >= 15 is 0 Å². The van der Waals surface area contributed by atoms with E-state index in [9.17, 15) is 0 Å². The molecule has 5 N–H and O–H groups in total. The van der Waals surface area contributed by atoms with Crippen molar-refractivity contribution in [3.05, 3.63) is 113 Å². The van der Waals surface area contributed by atoms with E-state index < -0.39 is 0 Å². The number of nitrogens with one attached hydrogen (secondary N) is 3. The molecule has 2 bridgehead atoms. The Kier molecular flexibility index (Phi) is 9.92. The van der Waals surface area contributed by atoms with Crippen LogP contribution in [0.4, 0.5) is 34.5 Å². The van der Waals surface area contributed by atoms with Crippen molar-refractivity contribution < 1.29 is 8.83 Å². The SMILES string of the molecule is Cc1ccc(Nc2cc(N3CCCCC3)ccc2C2=CC3=CC(c4ccc(N5CCCCC5)cc4Nc4ccc(C)o4)=NC4=NC(C(=N)/C=C\N)=NC(=N2)C4C3)o1. The van der Waals surface area contributed by atoms with Crippen LogP contribution in [0.25, 0.3) is 5.70 Å². The number of anilines is 6. The Bertz CT molecular complexity index is 2320. The fourth-order valence-corrected chi connectivity index (χ4v) is 8.21. The highest BCUT2D eigenvalue weighted by Crippen LogP contribution is 2.39. The van der Waals surface area contributed by atoms with Crippen LogP contribution in [0.1, 0.15) is 67.6 Å². The summed E-state index contributed by atoms with van der Waals surface area (Å²) < 4.78 is 12.0. The fourth-order valence-electron chi connectivity index (χ4n) is 8.21. The van der Waals surface area contributed by atoms with E-state index in [0.717, 1.165) is 88.6 Å². The Hall–Kier alpha value is -6.43. The van der Waals surface area contributed by atoms with E-state index in [1.807, 2.05) is 38.1 Å². The summed E-state index contributed by atoms with van der Waals surface area (Å²) in [4.78, 5) is 25.2. The lowest BCUT2D eigenvalue weighted by molar-refractivity contribution is 0.550. The standard InChI is InChI=1S/C45H48N10O2/c1-28-9-15-41(56-28)48-39-26-31(54-19-5-3-6-20-54)11-13-33(39)37-24-30-23-35-43(50-37)52-45(36(47)17-18-46)53-44(35)51-38(25-30)34-14-12-32(55-21-7-4-8-22-55)27-40(34)49-42-16-10-29(2)57-42/h9-18,24-27,35,47-49H,3-8,19-23,46H2,1-2H3/b18-17-,47-36?. The van der Waals surface area contributed by atoms with E-state index in [4.69, 9.17) is 39.9 Å². The average Bonchev–Trinajstić information content (AvgIpc) is 3.72. The molecule has 1 atom stereocenters. The van der Waals surface area contributed by atoms with E-state index in [1.165, 1.54) is 50.8 Å². The number of hydrogen-bond donors (Lipinski definition) is 4. The average molecular weight is 761 g/mol. The van der Waals surface area contributed by atoms with Crippen molar-refractivity contribution in [2.24, 2.45) is 31.6 Å². The number of hydrogen-bond acceptors (Lipinski definition) is 12. The van der Waals surface area contributed by atoms with Gasteiger partial charge in [0, 0.05) is 60.8 Å². The molecule has 9 rings (SSSR count). The predicted octanol–water partition coefficient (Wildman–Crippen LogP) is 9.45. The van der Waals surface area contributed by atoms with Crippen LogP contribution in [0.5, 0.6) is 0 Å². The third-order valence-electron chi connectivity index (χ3n) is 11.1. The number of aliphatic imine (C=N–C) groups is 4. The van der Waals surface area contributed by atoms with Crippen LogP contribution in [-0.2, 0) is 0 Å². The van der Waals surface area contributed by atoms with E-state index in [1.54, 1.807) is 0 Å². The second kappa shape index (κ2) is 15.6. The molecule has 2 saturated heterocycles. The molecule has 2 fully saturated rings. The maximum atomic E-state index is 8.78. The third-order valence-corrected chi connectivity index (χ3v) is 11.1. The normalized spacial score (nSPS) is 19.4. The lowest BCUT2D eigenvalue weighted by Crippen LogP contribution is -2.30. The highest BCUT2D eigenvalue weighted by atomic mass is 16.4. The van der Waals surface area contributed by atoms with Gasteiger partial charge in [0.05, 0.1) is 28.7 Å². The van der Waals surface area contributed by atoms with Gasteiger partial charge in [-0.3, -0.25) is 5.41 Å². The highest BCUT2D eigenvalue weighted by molar-refractivity contribution is 6.49. The zero-order valence-electron chi connectivity index (χ0n) is 32.5. The summed E-state index contributed by atoms with van der Waals surface area (Å²) in [5.74, 6) is 3.96. The first-order chi connectivity index (χ1) is 27.9. The zero-order valence-corrected chi connectivity index (χ0v) is 32.5. The van der Waals surface area contributed by atoms with Gasteiger partial charge in [0.2, 0.25) is 0 Å². The molecule has 5 aliphatic heterocycles. The molecule has 0 radical (unpaired) electrons. The summed E-state index contributed by atoms with van der Waals surface area (Å²) in [6.07, 6.45) is 14.9. The molecular weight excluding hydrogens is 713 g/mol. The summed E-state index contributed by atoms with van der Waals surface area (Å²) in [6, 6.07) is 20.9. The number of allylic oxidation sites excluding steroid dienone is 3. The van der Waals surface area contributed by atoms with E-state index in [2.05, 4.69) is 69.0 Å². The van der Waals surface area contributed by atoms with Gasteiger partial charge in [-0.25, -0.2) is 20.0 Å². The first-order valence-electron chi connectivity index (χ1n) is 20.1. The van der Waals surface area contributed by atoms with Gasteiger partial charge < -0.3 is 35.0 Å². The summed E-state index contributed by atoms with van der Waals surface area (Å²) in [5, 5.41) is 15.9. The molecule has 0 spiro atoms. The van der Waals surface area contributed by atoms with Crippen LogP contribution in [0.3, 0.4) is 0 Å². The van der Waals surface area contributed by atoms with Gasteiger partial charge in [-0.05, 0) is 137 Å². The Balaban J connectivity index is 1.19. The van der Waals surface area contributed by atoms with Gasteiger partial charge in [0.25, 0.3) is 0 Å². The lowest BCUT2D eigenvalue weighted by Gasteiger charge is -2.29. The maximum Gasteiger partial charge on any atom is 0.197 e. The Morgan fingerprint density at radius 1 is 0.702 bits per heavy atom. The topological polar surface area (TPSA) is 156 Å². The van der Waals surface area contributed by atoms with Crippen molar-refractivity contribution in [3.63, 3.8) is 0 Å². The van der Waals surface area contributed by atoms with Crippen LogP contribution in [0, 0.1) is 25.2 Å². The summed E-state index contributed by atoms with van der Waals surface area (Å²) in [6.45, 7) is 7.99. The fraction of sp³-hybridized carbons (Fsp3) is 0.311. The molecule has 4 aromatic rings. The highest BCUT2D eigenvalue weighted by Gasteiger charge is 2.34. The molecule has 12 heteroatoms. The third kappa shape index (κ3) is 7.72. The Morgan fingerprint density at radius 2 is 1.28 bits per heavy atom. The molecule has 57 heavy (non-hydrogen) atoms. The van der Waals surface area contributed by atoms with Crippen molar-refractivity contribution >= 4 is 69.1 Å². The number of rotatable bonds is 10. The molecule has 0 saturated carbocycles. The zero-order chi connectivity index (χ0) is 38.9. The molecule has 5 aliphatic rings. The minimum Gasteiger partial charge on any atom is -0.446 e. The molecule has 7 heterocycles. The number of amidine groups is 3. The van der Waals surface area contributed by atoms with Gasteiger partial charge >= 0.3 is 0 Å². The van der Waals surface area contributed by atoms with E-state index in [0.29, 0.717) is 29.9 Å². The number of fused-ring (bicyclic) bond motifs is 1. The van der Waals surface area contributed by atoms with Crippen LogP contribution in [-0.4, -0.2) is 55.1 Å². The van der Waals surface area contributed by atoms with Crippen LogP contribution < -0.4 is 26.2 Å². The number of nitrogens with zero attached hydrogens (tertiary/aromatic N) is 6. The van der Waals surface area contributed by atoms with Crippen LogP contribution in [0.15, 0.2) is 119 Å². The number of furan rings is 2. The monoisotopic (exact) mass is 760 g/mol. The maximum absolute atomic E-state index is 8.78. The second-order valence-corrected chi connectivity index (χ2v) is 15.3. The minimum atomic E-state index is -0.325. The van der Waals surface area contributed by atoms with Gasteiger partial charge in [-0.2, -0.15) is 0 Å². The molecule has 12 nitrogen and oxygen atoms in total. The van der Waals surface area contributed by atoms with Gasteiger partial charge in [0.1, 0.15) is 28.9 Å². The smallest absolute Gasteiger partial charge is 0.197 e. The van der Waals surface area contributed by atoms with Crippen molar-refractivity contribution in [1.29, 1.82) is 5.41 Å². The molecule has 1 unspecified atom stereocenters. The molecule has 290 valence electrons. The first kappa shape index (κ1) is 36.2. The largest absolute Gasteiger partial charge is 0.446 e. The molecule has 2 aromatic carbocycles. The number of benzene rings is 2. The molecule has 2 aromatic heterocycles. The van der Waals surface area contributed by atoms with Crippen molar-refractivity contribution in [1.82, 2.24) is 0 Å². The van der Waals surface area contributed by atoms with Gasteiger partial charge in [0.15, 0.2) is 17.6 Å². The quantitative estimate of drug-likeness (QED) is 0.117. The van der Waals surface area contributed by atoms with Gasteiger partial charge in [-0.1, -0.05) is 0 Å². The Labute approximate surface area is 332 Å². The van der Waals surface area contributed by atoms with Crippen LogP contribution >= 0.6 is 0 Å². The van der Waals surface area contributed by atoms with Crippen molar-refractivity contribution in [2.75, 3.05) is 46.6 Å². The summed E-state index contributed by atoms with van der Waals surface area (Å²) in [5.41, 5.74) is 14.2. The second-order valence-electron chi connectivity index (χ2n) is 15.3.